The normalized spacial score (nSPS) is 24.1. The van der Waals surface area contributed by atoms with Gasteiger partial charge in [-0.05, 0) is 24.5 Å². The molecule has 2 fully saturated rings. The molecule has 0 aliphatic carbocycles. The number of thiocarbonyl (C=S) groups is 1. The van der Waals surface area contributed by atoms with E-state index in [4.69, 9.17) is 17.0 Å². The summed E-state index contributed by atoms with van der Waals surface area (Å²) in [6, 6.07) is 10.00. The van der Waals surface area contributed by atoms with Crippen LogP contribution in [0.5, 0.6) is 0 Å². The molecule has 0 saturated carbocycles. The maximum atomic E-state index is 12.4. The Balaban J connectivity index is 1.65. The molecule has 1 atom stereocenters. The van der Waals surface area contributed by atoms with E-state index >= 15 is 0 Å². The van der Waals surface area contributed by atoms with Crippen LogP contribution in [0.3, 0.4) is 0 Å². The number of allylic oxidation sites excluding steroid dienone is 2. The number of carbonyl (C=O) groups is 1. The second kappa shape index (κ2) is 7.22. The van der Waals surface area contributed by atoms with E-state index in [2.05, 4.69) is 0 Å². The monoisotopic (exact) mass is 331 g/mol. The fourth-order valence-corrected chi connectivity index (χ4v) is 3.70. The lowest BCUT2D eigenvalue weighted by Gasteiger charge is -2.18. The molecule has 2 heterocycles. The quantitative estimate of drug-likeness (QED) is 0.622. The van der Waals surface area contributed by atoms with Gasteiger partial charge in [0.05, 0.1) is 17.6 Å². The summed E-state index contributed by atoms with van der Waals surface area (Å²) in [6.07, 6.45) is 7.91. The Morgan fingerprint density at radius 1 is 1.36 bits per heavy atom. The maximum Gasteiger partial charge on any atom is 0.266 e. The van der Waals surface area contributed by atoms with Crippen molar-refractivity contribution >= 4 is 40.3 Å². The number of ether oxygens (including phenoxy) is 1. The summed E-state index contributed by atoms with van der Waals surface area (Å²) in [4.78, 5) is 14.7. The van der Waals surface area contributed by atoms with Gasteiger partial charge in [0.1, 0.15) is 4.32 Å². The molecule has 0 bridgehead atoms. The van der Waals surface area contributed by atoms with Gasteiger partial charge in [-0.25, -0.2) is 0 Å². The highest BCUT2D eigenvalue weighted by atomic mass is 32.2. The highest BCUT2D eigenvalue weighted by Gasteiger charge is 2.34. The van der Waals surface area contributed by atoms with Crippen LogP contribution in [0.1, 0.15) is 18.4 Å². The number of rotatable bonds is 4. The van der Waals surface area contributed by atoms with Crippen molar-refractivity contribution in [2.45, 2.75) is 18.9 Å². The predicted octanol–water partition coefficient (Wildman–Crippen LogP) is 3.62. The maximum absolute atomic E-state index is 12.4. The standard InChI is InChI=1S/C17H17NO2S2/c19-16-15(10-4-8-13-6-2-1-3-7-13)22-17(21)18(16)12-14-9-5-11-20-14/h1-4,6-8,10,14H,5,9,11-12H2/b8-4+,15-10+/t14-/m0/s1. The lowest BCUT2D eigenvalue weighted by atomic mass is 10.2. The zero-order chi connectivity index (χ0) is 15.4. The molecule has 3 nitrogen and oxygen atoms in total. The van der Waals surface area contributed by atoms with Crippen molar-refractivity contribution in [3.8, 4) is 0 Å². The number of thioether (sulfide) groups is 1. The van der Waals surface area contributed by atoms with Gasteiger partial charge in [0, 0.05) is 6.61 Å². The third-order valence-electron chi connectivity index (χ3n) is 3.62. The number of hydrogen-bond donors (Lipinski definition) is 0. The highest BCUT2D eigenvalue weighted by Crippen LogP contribution is 2.32. The first-order chi connectivity index (χ1) is 10.7. The number of benzene rings is 1. The van der Waals surface area contributed by atoms with Gasteiger partial charge in [-0.1, -0.05) is 66.5 Å². The fraction of sp³-hybridized carbons (Fsp3) is 0.294. The second-order valence-corrected chi connectivity index (χ2v) is 6.90. The third kappa shape index (κ3) is 3.66. The molecule has 0 aromatic heterocycles. The fourth-order valence-electron chi connectivity index (χ4n) is 2.47. The summed E-state index contributed by atoms with van der Waals surface area (Å²) in [5, 5.41) is 0. The van der Waals surface area contributed by atoms with Crippen LogP contribution < -0.4 is 0 Å². The number of amides is 1. The Morgan fingerprint density at radius 3 is 2.91 bits per heavy atom. The number of nitrogens with zero attached hydrogens (tertiary/aromatic N) is 1. The van der Waals surface area contributed by atoms with E-state index in [0.717, 1.165) is 25.0 Å². The lowest BCUT2D eigenvalue weighted by molar-refractivity contribution is -0.123. The molecule has 0 spiro atoms. The molecule has 0 unspecified atom stereocenters. The average molecular weight is 331 g/mol. The van der Waals surface area contributed by atoms with E-state index < -0.39 is 0 Å². The van der Waals surface area contributed by atoms with Crippen LogP contribution in [-0.4, -0.2) is 34.4 Å². The predicted molar refractivity (Wildman–Crippen MR) is 94.4 cm³/mol. The summed E-state index contributed by atoms with van der Waals surface area (Å²) < 4.78 is 6.21. The molecule has 22 heavy (non-hydrogen) atoms. The van der Waals surface area contributed by atoms with E-state index in [1.54, 1.807) is 4.90 Å². The Hall–Kier alpha value is -1.43. The van der Waals surface area contributed by atoms with Crippen LogP contribution in [0, 0.1) is 0 Å². The molecule has 3 rings (SSSR count). The summed E-state index contributed by atoms with van der Waals surface area (Å²) in [7, 11) is 0. The molecular formula is C17H17NO2S2. The van der Waals surface area contributed by atoms with Crippen LogP contribution in [0.25, 0.3) is 6.08 Å². The van der Waals surface area contributed by atoms with Crippen molar-refractivity contribution in [1.82, 2.24) is 4.90 Å². The molecular weight excluding hydrogens is 314 g/mol. The smallest absolute Gasteiger partial charge is 0.266 e. The van der Waals surface area contributed by atoms with E-state index in [0.29, 0.717) is 15.8 Å². The van der Waals surface area contributed by atoms with Gasteiger partial charge in [-0.15, -0.1) is 0 Å². The number of carbonyl (C=O) groups excluding carboxylic acids is 1. The van der Waals surface area contributed by atoms with Gasteiger partial charge in [0.15, 0.2) is 0 Å². The van der Waals surface area contributed by atoms with Crippen molar-refractivity contribution < 1.29 is 9.53 Å². The average Bonchev–Trinajstić information content (AvgIpc) is 3.13. The molecule has 2 saturated heterocycles. The molecule has 1 amide bonds. The first-order valence-electron chi connectivity index (χ1n) is 7.33. The minimum Gasteiger partial charge on any atom is -0.376 e. The van der Waals surface area contributed by atoms with Gasteiger partial charge in [0.2, 0.25) is 0 Å². The molecule has 0 N–H and O–H groups in total. The molecule has 1 aromatic rings. The van der Waals surface area contributed by atoms with Crippen LogP contribution in [0.2, 0.25) is 0 Å². The van der Waals surface area contributed by atoms with Crippen molar-refractivity contribution in [3.05, 3.63) is 53.0 Å². The van der Waals surface area contributed by atoms with Crippen molar-refractivity contribution in [2.75, 3.05) is 13.2 Å². The zero-order valence-corrected chi connectivity index (χ0v) is 13.7. The SMILES string of the molecule is O=C1/C(=C\C=C\c2ccccc2)SC(=S)N1C[C@@H]1CCCO1. The lowest BCUT2D eigenvalue weighted by Crippen LogP contribution is -2.35. The van der Waals surface area contributed by atoms with Gasteiger partial charge in [-0.3, -0.25) is 9.69 Å². The van der Waals surface area contributed by atoms with Gasteiger partial charge in [-0.2, -0.15) is 0 Å². The minimum atomic E-state index is -0.0109. The Morgan fingerprint density at radius 2 is 2.18 bits per heavy atom. The molecule has 114 valence electrons. The van der Waals surface area contributed by atoms with E-state index in [1.165, 1.54) is 11.8 Å². The van der Waals surface area contributed by atoms with E-state index in [9.17, 15) is 4.79 Å². The van der Waals surface area contributed by atoms with Gasteiger partial charge in [0.25, 0.3) is 5.91 Å². The molecule has 2 aliphatic rings. The zero-order valence-electron chi connectivity index (χ0n) is 12.1. The minimum absolute atomic E-state index is 0.0109. The van der Waals surface area contributed by atoms with Crippen molar-refractivity contribution in [3.63, 3.8) is 0 Å². The van der Waals surface area contributed by atoms with E-state index in [-0.39, 0.29) is 12.0 Å². The summed E-state index contributed by atoms with van der Waals surface area (Å²) in [6.45, 7) is 1.36. The topological polar surface area (TPSA) is 29.5 Å². The molecule has 0 radical (unpaired) electrons. The highest BCUT2D eigenvalue weighted by molar-refractivity contribution is 8.26. The Bertz CT molecular complexity index is 619. The van der Waals surface area contributed by atoms with Crippen LogP contribution in [0.4, 0.5) is 0 Å². The largest absolute Gasteiger partial charge is 0.376 e. The number of hydrogen-bond acceptors (Lipinski definition) is 4. The Kier molecular flexibility index (Phi) is 5.08. The molecule has 1 aromatic carbocycles. The second-order valence-electron chi connectivity index (χ2n) is 5.22. The third-order valence-corrected chi connectivity index (χ3v) is 5.02. The van der Waals surface area contributed by atoms with E-state index in [1.807, 2.05) is 48.6 Å². The van der Waals surface area contributed by atoms with Gasteiger partial charge < -0.3 is 4.74 Å². The van der Waals surface area contributed by atoms with Crippen molar-refractivity contribution in [1.29, 1.82) is 0 Å². The first kappa shape index (κ1) is 15.5. The summed E-state index contributed by atoms with van der Waals surface area (Å²) >= 11 is 6.68. The van der Waals surface area contributed by atoms with Crippen LogP contribution >= 0.6 is 24.0 Å². The first-order valence-corrected chi connectivity index (χ1v) is 8.55. The summed E-state index contributed by atoms with van der Waals surface area (Å²) in [5.41, 5.74) is 1.11. The van der Waals surface area contributed by atoms with Crippen molar-refractivity contribution in [2.24, 2.45) is 0 Å². The van der Waals surface area contributed by atoms with Crippen LogP contribution in [0.15, 0.2) is 47.4 Å². The Labute approximate surface area is 140 Å². The summed E-state index contributed by atoms with van der Waals surface area (Å²) in [5.74, 6) is -0.0109. The molecule has 5 heteroatoms. The van der Waals surface area contributed by atoms with Gasteiger partial charge >= 0.3 is 0 Å². The van der Waals surface area contributed by atoms with Crippen LogP contribution in [-0.2, 0) is 9.53 Å². The molecule has 2 aliphatic heterocycles.